The van der Waals surface area contributed by atoms with Crippen molar-refractivity contribution < 1.29 is 4.79 Å². The molecule has 7 heteroatoms. The zero-order chi connectivity index (χ0) is 21.8. The Morgan fingerprint density at radius 3 is 2.81 bits per heavy atom. The Hall–Kier alpha value is -3.21. The lowest BCUT2D eigenvalue weighted by Crippen LogP contribution is -2.12. The highest BCUT2D eigenvalue weighted by molar-refractivity contribution is 7.22. The predicted octanol–water partition coefficient (Wildman–Crippen LogP) is 5.71. The van der Waals surface area contributed by atoms with Gasteiger partial charge in [-0.15, -0.1) is 22.7 Å². The van der Waals surface area contributed by atoms with Gasteiger partial charge in [-0.3, -0.25) is 4.79 Å². The van der Waals surface area contributed by atoms with Crippen LogP contribution in [0.15, 0.2) is 30.3 Å². The fraction of sp³-hybridized carbons (Fsp3) is 0.240. The fourth-order valence-corrected chi connectivity index (χ4v) is 7.08. The van der Waals surface area contributed by atoms with Gasteiger partial charge in [0.1, 0.15) is 20.8 Å². The number of amides is 1. The average Bonchev–Trinajstić information content (AvgIpc) is 3.34. The second-order valence-electron chi connectivity index (χ2n) is 8.34. The number of aryl methyl sites for hydroxylation is 3. The molecule has 0 radical (unpaired) electrons. The van der Waals surface area contributed by atoms with Crippen molar-refractivity contribution in [3.63, 3.8) is 0 Å². The molecule has 0 spiro atoms. The van der Waals surface area contributed by atoms with Crippen LogP contribution in [-0.4, -0.2) is 10.9 Å². The average molecular weight is 457 g/mol. The molecule has 2 aliphatic carbocycles. The van der Waals surface area contributed by atoms with Crippen molar-refractivity contribution in [2.45, 2.75) is 38.5 Å². The lowest BCUT2D eigenvalue weighted by atomic mass is 9.90. The maximum Gasteiger partial charge on any atom is 0.268 e. The van der Waals surface area contributed by atoms with E-state index < -0.39 is 0 Å². The van der Waals surface area contributed by atoms with Crippen molar-refractivity contribution in [2.24, 2.45) is 0 Å². The van der Waals surface area contributed by atoms with E-state index in [4.69, 9.17) is 10.7 Å². The van der Waals surface area contributed by atoms with Gasteiger partial charge in [-0.2, -0.15) is 5.26 Å². The van der Waals surface area contributed by atoms with Crippen molar-refractivity contribution >= 4 is 49.5 Å². The SMILES string of the molecule is N#Cc1c(NC(=O)c2sc3nc4c(cc3c2N)CCCC4)sc2c1CCc1ccccc1-2. The van der Waals surface area contributed by atoms with E-state index in [1.807, 2.05) is 12.1 Å². The summed E-state index contributed by atoms with van der Waals surface area (Å²) in [5.74, 6) is -0.271. The molecule has 3 heterocycles. The van der Waals surface area contributed by atoms with Gasteiger partial charge in [-0.05, 0) is 66.8 Å². The van der Waals surface area contributed by atoms with Gasteiger partial charge in [-0.25, -0.2) is 4.98 Å². The minimum Gasteiger partial charge on any atom is -0.397 e. The molecule has 2 aliphatic rings. The fourth-order valence-electron chi connectivity index (χ4n) is 4.84. The third-order valence-corrected chi connectivity index (χ3v) is 8.75. The van der Waals surface area contributed by atoms with Gasteiger partial charge in [0.05, 0.1) is 11.3 Å². The molecular weight excluding hydrogens is 436 g/mol. The number of nitrogen functional groups attached to an aromatic ring is 1. The highest BCUT2D eigenvalue weighted by atomic mass is 32.1. The monoisotopic (exact) mass is 456 g/mol. The van der Waals surface area contributed by atoms with Crippen LogP contribution in [-0.2, 0) is 25.7 Å². The zero-order valence-corrected chi connectivity index (χ0v) is 19.0. The van der Waals surface area contributed by atoms with E-state index >= 15 is 0 Å². The first-order chi connectivity index (χ1) is 15.6. The number of pyridine rings is 1. The molecule has 3 aromatic heterocycles. The molecule has 32 heavy (non-hydrogen) atoms. The molecule has 0 saturated carbocycles. The Bertz CT molecular complexity index is 1460. The molecule has 4 aromatic rings. The Labute approximate surface area is 193 Å². The van der Waals surface area contributed by atoms with E-state index in [2.05, 4.69) is 29.6 Å². The first-order valence-electron chi connectivity index (χ1n) is 10.8. The molecular formula is C25H20N4OS2. The first-order valence-corrected chi connectivity index (χ1v) is 12.4. The summed E-state index contributed by atoms with van der Waals surface area (Å²) in [4.78, 5) is 20.4. The highest BCUT2D eigenvalue weighted by Crippen LogP contribution is 2.45. The van der Waals surface area contributed by atoms with Crippen molar-refractivity contribution in [1.29, 1.82) is 5.26 Å². The highest BCUT2D eigenvalue weighted by Gasteiger charge is 2.27. The summed E-state index contributed by atoms with van der Waals surface area (Å²) in [5.41, 5.74) is 13.3. The second-order valence-corrected chi connectivity index (χ2v) is 10.4. The largest absolute Gasteiger partial charge is 0.397 e. The van der Waals surface area contributed by atoms with E-state index in [0.29, 0.717) is 21.1 Å². The van der Waals surface area contributed by atoms with Crippen molar-refractivity contribution in [3.8, 4) is 16.5 Å². The number of hydrogen-bond acceptors (Lipinski definition) is 6. The number of thiophene rings is 2. The number of rotatable bonds is 2. The van der Waals surface area contributed by atoms with E-state index in [1.165, 1.54) is 40.2 Å². The van der Waals surface area contributed by atoms with Gasteiger partial charge in [0, 0.05) is 16.0 Å². The number of nitrogens with two attached hydrogens (primary N) is 1. The topological polar surface area (TPSA) is 91.8 Å². The third-order valence-electron chi connectivity index (χ3n) is 6.46. The normalized spacial score (nSPS) is 14.3. The van der Waals surface area contributed by atoms with E-state index in [9.17, 15) is 10.1 Å². The van der Waals surface area contributed by atoms with Crippen LogP contribution in [0, 0.1) is 11.3 Å². The summed E-state index contributed by atoms with van der Waals surface area (Å²) in [6.07, 6.45) is 6.04. The molecule has 0 aliphatic heterocycles. The van der Waals surface area contributed by atoms with Gasteiger partial charge in [0.15, 0.2) is 0 Å². The van der Waals surface area contributed by atoms with Crippen LogP contribution in [0.25, 0.3) is 20.7 Å². The van der Waals surface area contributed by atoms with Crippen LogP contribution < -0.4 is 11.1 Å². The zero-order valence-electron chi connectivity index (χ0n) is 17.3. The number of nitriles is 1. The molecule has 0 bridgehead atoms. The number of aromatic nitrogens is 1. The van der Waals surface area contributed by atoms with Gasteiger partial charge in [0.2, 0.25) is 0 Å². The molecule has 0 atom stereocenters. The van der Waals surface area contributed by atoms with Crippen molar-refractivity contribution in [2.75, 3.05) is 11.1 Å². The summed E-state index contributed by atoms with van der Waals surface area (Å²) in [6, 6.07) is 12.7. The van der Waals surface area contributed by atoms with E-state index in [-0.39, 0.29) is 5.91 Å². The Kier molecular flexibility index (Phi) is 4.53. The maximum atomic E-state index is 13.2. The lowest BCUT2D eigenvalue weighted by molar-refractivity contribution is 0.103. The molecule has 0 saturated heterocycles. The summed E-state index contributed by atoms with van der Waals surface area (Å²) in [7, 11) is 0. The van der Waals surface area contributed by atoms with Crippen molar-refractivity contribution in [1.82, 2.24) is 4.98 Å². The molecule has 0 unspecified atom stereocenters. The molecule has 3 N–H and O–H groups in total. The van der Waals surface area contributed by atoms with Crippen LogP contribution in [0.3, 0.4) is 0 Å². The summed E-state index contributed by atoms with van der Waals surface area (Å²) in [5, 5.41) is 14.3. The molecule has 158 valence electrons. The summed E-state index contributed by atoms with van der Waals surface area (Å²) < 4.78 is 0. The predicted molar refractivity (Wildman–Crippen MR) is 131 cm³/mol. The number of benzene rings is 1. The van der Waals surface area contributed by atoms with Gasteiger partial charge < -0.3 is 11.1 Å². The number of fused-ring (bicyclic) bond motifs is 5. The minimum absolute atomic E-state index is 0.271. The Morgan fingerprint density at radius 1 is 1.09 bits per heavy atom. The second kappa shape index (κ2) is 7.44. The van der Waals surface area contributed by atoms with Gasteiger partial charge in [0.25, 0.3) is 5.91 Å². The number of nitrogens with one attached hydrogen (secondary N) is 1. The standard InChI is InChI=1S/C25H20N4OS2/c26-12-18-16-10-9-13-5-1-3-7-15(13)21(16)31-25(18)29-23(30)22-20(27)17-11-14-6-2-4-8-19(14)28-24(17)32-22/h1,3,5,7,11H,2,4,6,8-10,27H2,(H,29,30). The first kappa shape index (κ1) is 19.5. The van der Waals surface area contributed by atoms with Gasteiger partial charge in [-0.1, -0.05) is 24.3 Å². The maximum absolute atomic E-state index is 13.2. The molecule has 1 amide bonds. The van der Waals surface area contributed by atoms with Crippen LogP contribution in [0.5, 0.6) is 0 Å². The van der Waals surface area contributed by atoms with Crippen molar-refractivity contribution in [3.05, 3.63) is 63.2 Å². The minimum atomic E-state index is -0.271. The van der Waals surface area contributed by atoms with Crippen LogP contribution in [0.2, 0.25) is 0 Å². The number of nitrogens with zero attached hydrogens (tertiary/aromatic N) is 2. The summed E-state index contributed by atoms with van der Waals surface area (Å²) in [6.45, 7) is 0. The number of anilines is 2. The Balaban J connectivity index is 1.38. The third kappa shape index (κ3) is 2.94. The van der Waals surface area contributed by atoms with Crippen LogP contribution in [0.1, 0.15) is 50.5 Å². The van der Waals surface area contributed by atoms with Crippen LogP contribution in [0.4, 0.5) is 10.7 Å². The Morgan fingerprint density at radius 2 is 1.94 bits per heavy atom. The quantitative estimate of drug-likeness (QED) is 0.404. The molecule has 1 aromatic carbocycles. The number of carbonyl (C=O) groups excluding carboxylic acids is 1. The number of hydrogen-bond donors (Lipinski definition) is 2. The van der Waals surface area contributed by atoms with E-state index in [0.717, 1.165) is 64.0 Å². The summed E-state index contributed by atoms with van der Waals surface area (Å²) >= 11 is 2.81. The molecule has 6 rings (SSSR count). The molecule has 5 nitrogen and oxygen atoms in total. The lowest BCUT2D eigenvalue weighted by Gasteiger charge is -2.15. The smallest absolute Gasteiger partial charge is 0.268 e. The van der Waals surface area contributed by atoms with Gasteiger partial charge >= 0.3 is 0 Å². The van der Waals surface area contributed by atoms with Crippen LogP contribution >= 0.6 is 22.7 Å². The van der Waals surface area contributed by atoms with E-state index in [1.54, 1.807) is 0 Å². The number of carbonyl (C=O) groups is 1. The molecule has 0 fully saturated rings.